The Hall–Kier alpha value is -2.22. The molecule has 152 valence electrons. The van der Waals surface area contributed by atoms with Crippen molar-refractivity contribution < 1.29 is 18.1 Å². The van der Waals surface area contributed by atoms with E-state index in [0.717, 1.165) is 17.0 Å². The highest BCUT2D eigenvalue weighted by molar-refractivity contribution is 7.89. The molecule has 28 heavy (non-hydrogen) atoms. The van der Waals surface area contributed by atoms with Gasteiger partial charge in [0.15, 0.2) is 6.54 Å². The third kappa shape index (κ3) is 5.64. The molecule has 0 saturated heterocycles. The zero-order valence-electron chi connectivity index (χ0n) is 17.0. The van der Waals surface area contributed by atoms with Crippen LogP contribution in [0, 0.1) is 6.92 Å². The van der Waals surface area contributed by atoms with Crippen LogP contribution in [-0.4, -0.2) is 45.3 Å². The van der Waals surface area contributed by atoms with E-state index in [9.17, 15) is 13.2 Å². The first kappa shape index (κ1) is 22.1. The fraction of sp³-hybridized carbons (Fsp3) is 0.381. The summed E-state index contributed by atoms with van der Waals surface area (Å²) in [5.41, 5.74) is 2.32. The molecule has 2 N–H and O–H groups in total. The highest BCUT2D eigenvalue weighted by Gasteiger charge is 2.24. The SMILES string of the molecule is CCN(CC)S(=O)(=O)c1cc(NC(=O)C[NH+](C)Cc2ccccc2)ccc1C. The predicted molar refractivity (Wildman–Crippen MR) is 112 cm³/mol. The number of carbonyl (C=O) groups excluding carboxylic acids is 1. The van der Waals surface area contributed by atoms with Gasteiger partial charge in [0.1, 0.15) is 6.54 Å². The number of aryl methyl sites for hydroxylation is 1. The minimum Gasteiger partial charge on any atom is -0.326 e. The lowest BCUT2D eigenvalue weighted by Crippen LogP contribution is -3.08. The van der Waals surface area contributed by atoms with E-state index < -0.39 is 10.0 Å². The van der Waals surface area contributed by atoms with Gasteiger partial charge in [-0.05, 0) is 24.6 Å². The van der Waals surface area contributed by atoms with Crippen molar-refractivity contribution in [3.8, 4) is 0 Å². The van der Waals surface area contributed by atoms with E-state index in [-0.39, 0.29) is 10.8 Å². The summed E-state index contributed by atoms with van der Waals surface area (Å²) in [4.78, 5) is 13.7. The van der Waals surface area contributed by atoms with Gasteiger partial charge in [-0.15, -0.1) is 0 Å². The molecule has 0 fully saturated rings. The molecule has 0 spiro atoms. The lowest BCUT2D eigenvalue weighted by atomic mass is 10.2. The number of carbonyl (C=O) groups is 1. The van der Waals surface area contributed by atoms with E-state index in [1.165, 1.54) is 4.31 Å². The van der Waals surface area contributed by atoms with Gasteiger partial charge in [0.25, 0.3) is 5.91 Å². The van der Waals surface area contributed by atoms with Gasteiger partial charge >= 0.3 is 0 Å². The van der Waals surface area contributed by atoms with Crippen LogP contribution in [0.25, 0.3) is 0 Å². The highest BCUT2D eigenvalue weighted by atomic mass is 32.2. The first-order chi connectivity index (χ1) is 13.3. The molecule has 2 rings (SSSR count). The number of rotatable bonds is 9. The number of quaternary nitrogens is 1. The van der Waals surface area contributed by atoms with Crippen LogP contribution in [0.5, 0.6) is 0 Å². The van der Waals surface area contributed by atoms with Gasteiger partial charge in [0.05, 0.1) is 11.9 Å². The van der Waals surface area contributed by atoms with Gasteiger partial charge < -0.3 is 10.2 Å². The molecule has 0 aliphatic carbocycles. The molecular formula is C21H30N3O3S+. The van der Waals surface area contributed by atoms with Crippen LogP contribution in [0.1, 0.15) is 25.0 Å². The molecule has 0 saturated carbocycles. The highest BCUT2D eigenvalue weighted by Crippen LogP contribution is 2.23. The fourth-order valence-electron chi connectivity index (χ4n) is 3.14. The number of amides is 1. The van der Waals surface area contributed by atoms with E-state index in [4.69, 9.17) is 0 Å². The van der Waals surface area contributed by atoms with E-state index in [1.807, 2.05) is 51.2 Å². The topological polar surface area (TPSA) is 70.9 Å². The zero-order chi connectivity index (χ0) is 20.7. The number of benzene rings is 2. The number of anilines is 1. The molecule has 0 bridgehead atoms. The standard InChI is InChI=1S/C21H29N3O3S/c1-5-24(6-2)28(26,27)20-14-19(13-12-17(20)3)22-21(25)16-23(4)15-18-10-8-7-9-11-18/h7-14H,5-6,15-16H2,1-4H3,(H,22,25)/p+1. The van der Waals surface area contributed by atoms with Crippen LogP contribution in [0.3, 0.4) is 0 Å². The Kier molecular flexibility index (Phi) is 7.74. The second-order valence-corrected chi connectivity index (χ2v) is 8.82. The summed E-state index contributed by atoms with van der Waals surface area (Å²) in [6.45, 7) is 7.23. The second-order valence-electron chi connectivity index (χ2n) is 6.91. The molecule has 1 atom stereocenters. The fourth-order valence-corrected chi connectivity index (χ4v) is 4.85. The van der Waals surface area contributed by atoms with Crippen molar-refractivity contribution in [1.82, 2.24) is 4.31 Å². The summed E-state index contributed by atoms with van der Waals surface area (Å²) in [6.07, 6.45) is 0. The average molecular weight is 405 g/mol. The van der Waals surface area contributed by atoms with Crippen molar-refractivity contribution >= 4 is 21.6 Å². The lowest BCUT2D eigenvalue weighted by molar-refractivity contribution is -0.885. The van der Waals surface area contributed by atoms with Gasteiger partial charge in [-0.25, -0.2) is 8.42 Å². The van der Waals surface area contributed by atoms with E-state index in [0.29, 0.717) is 30.9 Å². The minimum atomic E-state index is -3.58. The Morgan fingerprint density at radius 3 is 2.32 bits per heavy atom. The van der Waals surface area contributed by atoms with Crippen LogP contribution < -0.4 is 10.2 Å². The van der Waals surface area contributed by atoms with Crippen LogP contribution >= 0.6 is 0 Å². The molecule has 1 unspecified atom stereocenters. The minimum absolute atomic E-state index is 0.150. The maximum Gasteiger partial charge on any atom is 0.279 e. The van der Waals surface area contributed by atoms with Crippen LogP contribution in [0.2, 0.25) is 0 Å². The number of nitrogens with zero attached hydrogens (tertiary/aromatic N) is 1. The van der Waals surface area contributed by atoms with Gasteiger partial charge in [0, 0.05) is 24.3 Å². The zero-order valence-corrected chi connectivity index (χ0v) is 17.8. The molecule has 0 aliphatic rings. The van der Waals surface area contributed by atoms with Crippen molar-refractivity contribution in [1.29, 1.82) is 0 Å². The Morgan fingerprint density at radius 2 is 1.71 bits per heavy atom. The van der Waals surface area contributed by atoms with Gasteiger partial charge in [-0.1, -0.05) is 50.2 Å². The molecule has 0 radical (unpaired) electrons. The summed E-state index contributed by atoms with van der Waals surface area (Å²) >= 11 is 0. The van der Waals surface area contributed by atoms with Gasteiger partial charge in [0.2, 0.25) is 10.0 Å². The maximum atomic E-state index is 12.8. The molecule has 0 heterocycles. The Morgan fingerprint density at radius 1 is 1.07 bits per heavy atom. The maximum absolute atomic E-state index is 12.8. The smallest absolute Gasteiger partial charge is 0.279 e. The number of hydrogen-bond donors (Lipinski definition) is 2. The summed E-state index contributed by atoms with van der Waals surface area (Å²) in [5, 5.41) is 2.83. The summed E-state index contributed by atoms with van der Waals surface area (Å²) in [5.74, 6) is -0.150. The van der Waals surface area contributed by atoms with Crippen molar-refractivity contribution in [3.63, 3.8) is 0 Å². The van der Waals surface area contributed by atoms with E-state index >= 15 is 0 Å². The normalized spacial score (nSPS) is 12.8. The van der Waals surface area contributed by atoms with Gasteiger partial charge in [-0.2, -0.15) is 4.31 Å². The van der Waals surface area contributed by atoms with Crippen LogP contribution in [0.15, 0.2) is 53.4 Å². The number of sulfonamides is 1. The molecule has 2 aromatic carbocycles. The van der Waals surface area contributed by atoms with Crippen LogP contribution in [-0.2, 0) is 21.4 Å². The van der Waals surface area contributed by atoms with E-state index in [2.05, 4.69) is 5.32 Å². The predicted octanol–water partition coefficient (Wildman–Crippen LogP) is 1.68. The van der Waals surface area contributed by atoms with Crippen molar-refractivity contribution in [2.45, 2.75) is 32.2 Å². The Balaban J connectivity index is 2.09. The molecule has 1 amide bonds. The largest absolute Gasteiger partial charge is 0.326 e. The first-order valence-electron chi connectivity index (χ1n) is 9.53. The summed E-state index contributed by atoms with van der Waals surface area (Å²) in [7, 11) is -1.62. The number of hydrogen-bond acceptors (Lipinski definition) is 3. The summed E-state index contributed by atoms with van der Waals surface area (Å²) in [6, 6.07) is 15.0. The molecule has 2 aromatic rings. The van der Waals surface area contributed by atoms with Crippen molar-refractivity contribution in [2.24, 2.45) is 0 Å². The van der Waals surface area contributed by atoms with Gasteiger partial charge in [-0.3, -0.25) is 4.79 Å². The quantitative estimate of drug-likeness (QED) is 0.668. The molecular weight excluding hydrogens is 374 g/mol. The third-order valence-electron chi connectivity index (χ3n) is 4.61. The average Bonchev–Trinajstić information content (AvgIpc) is 2.64. The molecule has 7 heteroatoms. The third-order valence-corrected chi connectivity index (χ3v) is 6.80. The Bertz CT molecular complexity index is 894. The lowest BCUT2D eigenvalue weighted by Gasteiger charge is -2.20. The Labute approximate surface area is 168 Å². The number of nitrogens with one attached hydrogen (secondary N) is 2. The van der Waals surface area contributed by atoms with Crippen LogP contribution in [0.4, 0.5) is 5.69 Å². The second kappa shape index (κ2) is 9.82. The first-order valence-corrected chi connectivity index (χ1v) is 11.0. The molecule has 0 aliphatic heterocycles. The van der Waals surface area contributed by atoms with Crippen molar-refractivity contribution in [2.75, 3.05) is 32.0 Å². The monoisotopic (exact) mass is 404 g/mol. The van der Waals surface area contributed by atoms with Crippen molar-refractivity contribution in [3.05, 3.63) is 59.7 Å². The molecule has 6 nitrogen and oxygen atoms in total. The molecule has 0 aromatic heterocycles. The summed E-state index contributed by atoms with van der Waals surface area (Å²) < 4.78 is 27.1. The number of likely N-dealkylation sites (N-methyl/N-ethyl adjacent to an activating group) is 1. The van der Waals surface area contributed by atoms with E-state index in [1.54, 1.807) is 25.1 Å².